The molecule has 6 heteroatoms. The first-order chi connectivity index (χ1) is 9.74. The van der Waals surface area contributed by atoms with Crippen molar-refractivity contribution < 1.29 is 9.53 Å². The predicted molar refractivity (Wildman–Crippen MR) is 74.1 cm³/mol. The molecule has 0 spiro atoms. The molecule has 3 rings (SSSR count). The van der Waals surface area contributed by atoms with Crippen LogP contribution in [0.2, 0.25) is 0 Å². The van der Waals surface area contributed by atoms with Crippen LogP contribution in [-0.4, -0.2) is 52.6 Å². The van der Waals surface area contributed by atoms with Crippen molar-refractivity contribution in [1.82, 2.24) is 20.2 Å². The number of aromatic amines is 1. The number of rotatable bonds is 5. The molecule has 20 heavy (non-hydrogen) atoms. The van der Waals surface area contributed by atoms with Gasteiger partial charge < -0.3 is 15.0 Å². The van der Waals surface area contributed by atoms with Crippen LogP contribution in [-0.2, 0) is 22.5 Å². The number of fused-ring (bicyclic) bond motifs is 1. The Hall–Kier alpha value is -1.40. The van der Waals surface area contributed by atoms with E-state index in [1.807, 2.05) is 6.20 Å². The van der Waals surface area contributed by atoms with Gasteiger partial charge in [-0.1, -0.05) is 13.3 Å². The highest BCUT2D eigenvalue weighted by molar-refractivity contribution is 5.78. The minimum absolute atomic E-state index is 0.00325. The molecule has 2 aliphatic heterocycles. The molecular formula is C14H22N4O2. The van der Waals surface area contributed by atoms with Crippen molar-refractivity contribution in [2.24, 2.45) is 0 Å². The van der Waals surface area contributed by atoms with Crippen LogP contribution < -0.4 is 5.32 Å². The summed E-state index contributed by atoms with van der Waals surface area (Å²) in [5.74, 6) is 1.07. The smallest absolute Gasteiger partial charge is 0.246 e. The molecule has 0 bridgehead atoms. The Morgan fingerprint density at radius 2 is 2.40 bits per heavy atom. The molecule has 0 aromatic carbocycles. The number of hydrogen-bond donors (Lipinski definition) is 2. The zero-order valence-corrected chi connectivity index (χ0v) is 11.9. The highest BCUT2D eigenvalue weighted by Crippen LogP contribution is 2.18. The lowest BCUT2D eigenvalue weighted by Crippen LogP contribution is -2.50. The van der Waals surface area contributed by atoms with Crippen molar-refractivity contribution in [3.05, 3.63) is 17.7 Å². The van der Waals surface area contributed by atoms with E-state index in [-0.39, 0.29) is 24.7 Å². The summed E-state index contributed by atoms with van der Waals surface area (Å²) in [6, 6.07) is 0.138. The molecule has 1 aromatic rings. The maximum atomic E-state index is 11.3. The Kier molecular flexibility index (Phi) is 4.03. The van der Waals surface area contributed by atoms with E-state index in [0.717, 1.165) is 37.6 Å². The topological polar surface area (TPSA) is 70.2 Å². The lowest BCUT2D eigenvalue weighted by Gasteiger charge is -2.25. The molecule has 0 radical (unpaired) electrons. The van der Waals surface area contributed by atoms with E-state index in [9.17, 15) is 4.79 Å². The van der Waals surface area contributed by atoms with Gasteiger partial charge in [-0.2, -0.15) is 0 Å². The molecule has 2 fully saturated rings. The van der Waals surface area contributed by atoms with E-state index in [1.54, 1.807) is 0 Å². The summed E-state index contributed by atoms with van der Waals surface area (Å²) in [6.45, 7) is 4.93. The van der Waals surface area contributed by atoms with Crippen molar-refractivity contribution in [3.63, 3.8) is 0 Å². The van der Waals surface area contributed by atoms with Gasteiger partial charge in [0.05, 0.1) is 12.1 Å². The van der Waals surface area contributed by atoms with Gasteiger partial charge in [-0.3, -0.25) is 9.69 Å². The van der Waals surface area contributed by atoms with Crippen LogP contribution in [0.25, 0.3) is 0 Å². The summed E-state index contributed by atoms with van der Waals surface area (Å²) in [7, 11) is 0. The molecule has 2 aliphatic rings. The number of nitrogens with one attached hydrogen (secondary N) is 2. The van der Waals surface area contributed by atoms with Crippen LogP contribution in [0.4, 0.5) is 0 Å². The number of ether oxygens (including phenoxy) is 1. The molecule has 3 heterocycles. The molecule has 6 nitrogen and oxygen atoms in total. The predicted octanol–water partition coefficient (Wildman–Crippen LogP) is 0.452. The third-order valence-corrected chi connectivity index (χ3v) is 3.96. The SMILES string of the molecule is CCCCc1ncc(CN2C[C@@H]3NC(=O)CO[C@H]3C2)[nH]1. The Morgan fingerprint density at radius 3 is 3.25 bits per heavy atom. The van der Waals surface area contributed by atoms with E-state index >= 15 is 0 Å². The van der Waals surface area contributed by atoms with Gasteiger partial charge in [0.15, 0.2) is 0 Å². The van der Waals surface area contributed by atoms with E-state index in [0.29, 0.717) is 0 Å². The molecule has 0 saturated carbocycles. The number of aromatic nitrogens is 2. The number of amides is 1. The number of H-pyrrole nitrogens is 1. The molecule has 1 amide bonds. The number of nitrogens with zero attached hydrogens (tertiary/aromatic N) is 2. The molecule has 0 aliphatic carbocycles. The van der Waals surface area contributed by atoms with E-state index in [2.05, 4.69) is 27.1 Å². The fraction of sp³-hybridized carbons (Fsp3) is 0.714. The number of aryl methyl sites for hydroxylation is 1. The molecule has 0 unspecified atom stereocenters. The summed E-state index contributed by atoms with van der Waals surface area (Å²) in [4.78, 5) is 21.4. The average Bonchev–Trinajstić information content (AvgIpc) is 3.02. The van der Waals surface area contributed by atoms with Crippen LogP contribution in [0.3, 0.4) is 0 Å². The van der Waals surface area contributed by atoms with Gasteiger partial charge in [0.25, 0.3) is 0 Å². The van der Waals surface area contributed by atoms with Gasteiger partial charge in [0.1, 0.15) is 12.4 Å². The lowest BCUT2D eigenvalue weighted by molar-refractivity contribution is -0.134. The number of morpholine rings is 1. The van der Waals surface area contributed by atoms with Crippen LogP contribution >= 0.6 is 0 Å². The average molecular weight is 278 g/mol. The van der Waals surface area contributed by atoms with Gasteiger partial charge in [0.2, 0.25) is 5.91 Å². The molecule has 2 atom stereocenters. The van der Waals surface area contributed by atoms with Crippen molar-refractivity contribution in [2.75, 3.05) is 19.7 Å². The first-order valence-corrected chi connectivity index (χ1v) is 7.40. The van der Waals surface area contributed by atoms with Crippen molar-refractivity contribution in [2.45, 2.75) is 44.9 Å². The second-order valence-corrected chi connectivity index (χ2v) is 5.68. The van der Waals surface area contributed by atoms with Crippen LogP contribution in [0.5, 0.6) is 0 Å². The first kappa shape index (κ1) is 13.6. The highest BCUT2D eigenvalue weighted by atomic mass is 16.5. The van der Waals surface area contributed by atoms with Crippen molar-refractivity contribution in [1.29, 1.82) is 0 Å². The van der Waals surface area contributed by atoms with Gasteiger partial charge in [-0.25, -0.2) is 4.98 Å². The maximum absolute atomic E-state index is 11.3. The van der Waals surface area contributed by atoms with Crippen molar-refractivity contribution in [3.8, 4) is 0 Å². The largest absolute Gasteiger partial charge is 0.365 e. The van der Waals surface area contributed by atoms with E-state index in [4.69, 9.17) is 4.74 Å². The lowest BCUT2D eigenvalue weighted by atomic mass is 10.2. The van der Waals surface area contributed by atoms with Crippen LogP contribution in [0.15, 0.2) is 6.20 Å². The molecular weight excluding hydrogens is 256 g/mol. The van der Waals surface area contributed by atoms with Gasteiger partial charge in [0, 0.05) is 37.9 Å². The first-order valence-electron chi connectivity index (χ1n) is 7.40. The van der Waals surface area contributed by atoms with Gasteiger partial charge in [-0.15, -0.1) is 0 Å². The zero-order valence-electron chi connectivity index (χ0n) is 11.9. The fourth-order valence-corrected chi connectivity index (χ4v) is 2.92. The van der Waals surface area contributed by atoms with Crippen molar-refractivity contribution >= 4 is 5.91 Å². The minimum atomic E-state index is -0.00325. The second-order valence-electron chi connectivity index (χ2n) is 5.68. The Morgan fingerprint density at radius 1 is 1.50 bits per heavy atom. The normalized spacial score (nSPS) is 26.6. The number of likely N-dealkylation sites (tertiary alicyclic amines) is 1. The summed E-state index contributed by atoms with van der Waals surface area (Å²) in [5, 5.41) is 3.00. The van der Waals surface area contributed by atoms with Crippen LogP contribution in [0.1, 0.15) is 31.3 Å². The molecule has 2 saturated heterocycles. The third kappa shape index (κ3) is 3.02. The van der Waals surface area contributed by atoms with E-state index in [1.165, 1.54) is 12.8 Å². The maximum Gasteiger partial charge on any atom is 0.246 e. The molecule has 110 valence electrons. The Labute approximate surface area is 118 Å². The van der Waals surface area contributed by atoms with E-state index < -0.39 is 0 Å². The summed E-state index contributed by atoms with van der Waals surface area (Å²) < 4.78 is 5.56. The quantitative estimate of drug-likeness (QED) is 0.820. The zero-order chi connectivity index (χ0) is 13.9. The standard InChI is InChI=1S/C14H22N4O2/c1-2-3-4-13-15-5-10(16-13)6-18-7-11-12(8-18)20-9-14(19)17-11/h5,11-12H,2-4,6-9H2,1H3,(H,15,16)(H,17,19)/t11-,12-/m0/s1. The summed E-state index contributed by atoms with van der Waals surface area (Å²) in [5.41, 5.74) is 1.14. The second kappa shape index (κ2) is 5.93. The van der Waals surface area contributed by atoms with Crippen LogP contribution in [0, 0.1) is 0 Å². The fourth-order valence-electron chi connectivity index (χ4n) is 2.92. The molecule has 2 N–H and O–H groups in total. The minimum Gasteiger partial charge on any atom is -0.365 e. The number of imidazole rings is 1. The third-order valence-electron chi connectivity index (χ3n) is 3.96. The number of hydrogen-bond acceptors (Lipinski definition) is 4. The molecule has 1 aromatic heterocycles. The number of carbonyl (C=O) groups excluding carboxylic acids is 1. The summed E-state index contributed by atoms with van der Waals surface area (Å²) >= 11 is 0. The summed E-state index contributed by atoms with van der Waals surface area (Å²) in [6.07, 6.45) is 5.42. The Bertz CT molecular complexity index is 473. The Balaban J connectivity index is 1.53. The van der Waals surface area contributed by atoms with Gasteiger partial charge in [-0.05, 0) is 6.42 Å². The number of carbonyl (C=O) groups is 1. The van der Waals surface area contributed by atoms with Gasteiger partial charge >= 0.3 is 0 Å². The monoisotopic (exact) mass is 278 g/mol. The number of unbranched alkanes of at least 4 members (excludes halogenated alkanes) is 1. The highest BCUT2D eigenvalue weighted by Gasteiger charge is 2.37.